The Labute approximate surface area is 101 Å². The molecule has 0 aromatic carbocycles. The van der Waals surface area contributed by atoms with Crippen LogP contribution in [0.15, 0.2) is 0 Å². The van der Waals surface area contributed by atoms with Crippen LogP contribution in [0, 0.1) is 5.41 Å². The number of esters is 1. The molecule has 0 aromatic heterocycles. The molecular weight excluding hydrogens is 224 g/mol. The summed E-state index contributed by atoms with van der Waals surface area (Å²) in [5.41, 5.74) is -0.461. The van der Waals surface area contributed by atoms with Crippen LogP contribution in [-0.4, -0.2) is 47.7 Å². The summed E-state index contributed by atoms with van der Waals surface area (Å²) >= 11 is 0. The Hall–Kier alpha value is -0.393. The first-order valence-electron chi connectivity index (χ1n) is 5.57. The molecule has 0 amide bonds. The van der Waals surface area contributed by atoms with Crippen molar-refractivity contribution in [3.8, 4) is 0 Å². The molecule has 16 heavy (non-hydrogen) atoms. The summed E-state index contributed by atoms with van der Waals surface area (Å²) in [5.74, 6) is -0.327. The van der Waals surface area contributed by atoms with Gasteiger partial charge in [-0.05, 0) is 12.8 Å². The summed E-state index contributed by atoms with van der Waals surface area (Å²) in [5, 5.41) is 9.37. The number of rotatable bonds is 9. The number of ether oxygens (including phenoxy) is 2. The van der Waals surface area contributed by atoms with Crippen molar-refractivity contribution >= 4 is 16.2 Å². The Kier molecular flexibility index (Phi) is 8.51. The molecule has 1 N–H and O–H groups in total. The van der Waals surface area contributed by atoms with Crippen molar-refractivity contribution in [3.05, 3.63) is 0 Å². The van der Waals surface area contributed by atoms with Gasteiger partial charge in [-0.2, -0.15) is 0 Å². The van der Waals surface area contributed by atoms with Crippen LogP contribution in [0.2, 0.25) is 6.04 Å². The molecule has 0 aromatic rings. The van der Waals surface area contributed by atoms with Crippen LogP contribution in [0.4, 0.5) is 0 Å². The molecule has 1 unspecified atom stereocenters. The van der Waals surface area contributed by atoms with Crippen molar-refractivity contribution in [1.29, 1.82) is 0 Å². The minimum absolute atomic E-state index is 0.0370. The van der Waals surface area contributed by atoms with E-state index in [-0.39, 0.29) is 19.2 Å². The zero-order valence-corrected chi connectivity index (χ0v) is 11.1. The molecule has 0 aliphatic rings. The van der Waals surface area contributed by atoms with E-state index >= 15 is 0 Å². The van der Waals surface area contributed by atoms with E-state index in [9.17, 15) is 9.90 Å². The molecule has 0 aliphatic heterocycles. The number of hydrogen-bond acceptors (Lipinski definition) is 4. The topological polar surface area (TPSA) is 55.8 Å². The van der Waals surface area contributed by atoms with Gasteiger partial charge in [-0.1, -0.05) is 13.0 Å². The third-order valence-electron chi connectivity index (χ3n) is 2.54. The van der Waals surface area contributed by atoms with Gasteiger partial charge in [-0.25, -0.2) is 0 Å². The van der Waals surface area contributed by atoms with Crippen molar-refractivity contribution in [2.75, 3.05) is 26.4 Å². The lowest BCUT2D eigenvalue weighted by molar-refractivity contribution is -0.148. The lowest BCUT2D eigenvalue weighted by Gasteiger charge is -2.29. The van der Waals surface area contributed by atoms with E-state index in [0.29, 0.717) is 19.6 Å². The van der Waals surface area contributed by atoms with E-state index in [1.807, 2.05) is 6.92 Å². The average Bonchev–Trinajstić information content (AvgIpc) is 2.29. The zero-order valence-electron chi connectivity index (χ0n) is 10.1. The fourth-order valence-electron chi connectivity index (χ4n) is 1.17. The molecular formula is C11H21O4Si. The highest BCUT2D eigenvalue weighted by atomic mass is 28.1. The van der Waals surface area contributed by atoms with Crippen LogP contribution in [0.1, 0.15) is 26.7 Å². The third kappa shape index (κ3) is 6.25. The first kappa shape index (κ1) is 15.6. The SMILES string of the molecule is CCC(CO)(COCCC[Si])COC(C)=O. The van der Waals surface area contributed by atoms with Crippen LogP contribution >= 0.6 is 0 Å². The van der Waals surface area contributed by atoms with Gasteiger partial charge in [0, 0.05) is 23.8 Å². The molecule has 0 rings (SSSR count). The van der Waals surface area contributed by atoms with Crippen LogP contribution in [0.5, 0.6) is 0 Å². The molecule has 0 fully saturated rings. The standard InChI is InChI=1S/C11H21O4Si/c1-3-11(7-12,9-15-10(2)13)8-14-5-4-6-16/h12H,3-9H2,1-2H3. The summed E-state index contributed by atoms with van der Waals surface area (Å²) in [6.07, 6.45) is 1.64. The molecule has 0 saturated heterocycles. The minimum Gasteiger partial charge on any atom is -0.465 e. The highest BCUT2D eigenvalue weighted by molar-refractivity contribution is 6.08. The molecule has 5 heteroatoms. The maximum Gasteiger partial charge on any atom is 0.302 e. The van der Waals surface area contributed by atoms with Gasteiger partial charge in [0.05, 0.1) is 18.6 Å². The van der Waals surface area contributed by atoms with Crippen molar-refractivity contribution in [2.24, 2.45) is 5.41 Å². The Balaban J connectivity index is 4.04. The van der Waals surface area contributed by atoms with Gasteiger partial charge < -0.3 is 14.6 Å². The van der Waals surface area contributed by atoms with Gasteiger partial charge in [0.25, 0.3) is 0 Å². The second kappa shape index (κ2) is 8.72. The van der Waals surface area contributed by atoms with Gasteiger partial charge in [-0.3, -0.25) is 4.79 Å². The number of hydrogen-bond donors (Lipinski definition) is 1. The second-order valence-electron chi connectivity index (χ2n) is 3.95. The Morgan fingerprint density at radius 2 is 2.12 bits per heavy atom. The predicted molar refractivity (Wildman–Crippen MR) is 62.4 cm³/mol. The Bertz CT molecular complexity index is 192. The first-order chi connectivity index (χ1) is 7.60. The molecule has 0 aliphatic carbocycles. The van der Waals surface area contributed by atoms with E-state index in [1.54, 1.807) is 0 Å². The Morgan fingerprint density at radius 3 is 2.56 bits per heavy atom. The van der Waals surface area contributed by atoms with Gasteiger partial charge in [0.2, 0.25) is 0 Å². The highest BCUT2D eigenvalue weighted by Crippen LogP contribution is 2.22. The minimum atomic E-state index is -0.461. The lowest BCUT2D eigenvalue weighted by Crippen LogP contribution is -2.36. The van der Waals surface area contributed by atoms with E-state index < -0.39 is 5.41 Å². The van der Waals surface area contributed by atoms with Crippen LogP contribution in [-0.2, 0) is 14.3 Å². The fourth-order valence-corrected chi connectivity index (χ4v) is 1.31. The lowest BCUT2D eigenvalue weighted by atomic mass is 9.88. The van der Waals surface area contributed by atoms with E-state index in [2.05, 4.69) is 10.2 Å². The fraction of sp³-hybridized carbons (Fsp3) is 0.909. The van der Waals surface area contributed by atoms with Gasteiger partial charge in [0.15, 0.2) is 0 Å². The molecule has 4 nitrogen and oxygen atoms in total. The smallest absolute Gasteiger partial charge is 0.302 e. The Morgan fingerprint density at radius 1 is 1.44 bits per heavy atom. The van der Waals surface area contributed by atoms with Crippen molar-refractivity contribution in [1.82, 2.24) is 0 Å². The van der Waals surface area contributed by atoms with Crippen LogP contribution in [0.25, 0.3) is 0 Å². The van der Waals surface area contributed by atoms with Gasteiger partial charge >= 0.3 is 5.97 Å². The quantitative estimate of drug-likeness (QED) is 0.373. The molecule has 93 valence electrons. The van der Waals surface area contributed by atoms with E-state index in [0.717, 1.165) is 12.5 Å². The van der Waals surface area contributed by atoms with Crippen molar-refractivity contribution < 1.29 is 19.4 Å². The number of aliphatic hydroxyl groups is 1. The van der Waals surface area contributed by atoms with Crippen molar-refractivity contribution in [3.63, 3.8) is 0 Å². The normalized spacial score (nSPS) is 14.5. The highest BCUT2D eigenvalue weighted by Gasteiger charge is 2.29. The summed E-state index contributed by atoms with van der Waals surface area (Å²) in [6, 6.07) is 0.891. The van der Waals surface area contributed by atoms with Crippen LogP contribution in [0.3, 0.4) is 0 Å². The molecule has 0 bridgehead atoms. The summed E-state index contributed by atoms with van der Waals surface area (Å²) in [6.45, 7) is 4.55. The number of aliphatic hydroxyl groups excluding tert-OH is 1. The number of carbonyl (C=O) groups is 1. The van der Waals surface area contributed by atoms with Gasteiger partial charge in [-0.15, -0.1) is 0 Å². The maximum atomic E-state index is 10.7. The molecule has 0 saturated carbocycles. The van der Waals surface area contributed by atoms with E-state index in [4.69, 9.17) is 9.47 Å². The largest absolute Gasteiger partial charge is 0.465 e. The van der Waals surface area contributed by atoms with E-state index in [1.165, 1.54) is 6.92 Å². The second-order valence-corrected chi connectivity index (χ2v) is 4.45. The first-order valence-corrected chi connectivity index (χ1v) is 6.27. The number of carbonyl (C=O) groups excluding carboxylic acids is 1. The third-order valence-corrected chi connectivity index (χ3v) is 2.89. The maximum absolute atomic E-state index is 10.7. The zero-order chi connectivity index (χ0) is 12.4. The molecule has 0 spiro atoms. The monoisotopic (exact) mass is 245 g/mol. The van der Waals surface area contributed by atoms with Crippen LogP contribution < -0.4 is 0 Å². The summed E-state index contributed by atoms with van der Waals surface area (Å²) in [4.78, 5) is 10.7. The van der Waals surface area contributed by atoms with Gasteiger partial charge in [0.1, 0.15) is 6.61 Å². The predicted octanol–water partition coefficient (Wildman–Crippen LogP) is 0.932. The summed E-state index contributed by atoms with van der Waals surface area (Å²) < 4.78 is 10.4. The molecule has 1 atom stereocenters. The molecule has 3 radical (unpaired) electrons. The average molecular weight is 245 g/mol. The van der Waals surface area contributed by atoms with Crippen molar-refractivity contribution in [2.45, 2.75) is 32.7 Å². The molecule has 0 heterocycles. The summed E-state index contributed by atoms with van der Waals surface area (Å²) in [7, 11) is 3.36.